The van der Waals surface area contributed by atoms with Crippen LogP contribution in [0.15, 0.2) is 170 Å². The van der Waals surface area contributed by atoms with Gasteiger partial charge in [0.05, 0.1) is 11.4 Å². The average Bonchev–Trinajstić information content (AvgIpc) is 3.15. The Morgan fingerprint density at radius 2 is 1.15 bits per heavy atom. The van der Waals surface area contributed by atoms with Crippen molar-refractivity contribution in [1.82, 2.24) is 9.97 Å². The topological polar surface area (TPSA) is 29.0 Å². The molecule has 0 atom stereocenters. The standard InChI is InChI=1S/C42H28BN3/c1-4-13-29(14-5-1)34-21-12-22-39-40(34)36-24-23-30-15-10-11-20-35(30)41(36)43-28-33(25-26-46(39)43)42-44-37(31-16-6-2-7-17-31)27-38(45-42)32-18-8-3-9-19-32/h1-28H. The lowest BCUT2D eigenvalue weighted by atomic mass is 9.47. The third-order valence-electron chi connectivity index (χ3n) is 9.12. The van der Waals surface area contributed by atoms with E-state index in [9.17, 15) is 0 Å². The van der Waals surface area contributed by atoms with Crippen LogP contribution in [-0.2, 0) is 0 Å². The molecule has 0 unspecified atom stereocenters. The smallest absolute Gasteiger partial charge is 0.322 e. The SMILES string of the molecule is C1=CN2B(C=C1c1nc(-c3ccccc3)cc(-c3ccccc3)n1)c1c(ccc3ccccc13)-c1c(-c3ccccc3)cccc12. The molecule has 0 saturated heterocycles. The fraction of sp³-hybridized carbons (Fsp3) is 0. The summed E-state index contributed by atoms with van der Waals surface area (Å²) in [5, 5.41) is 2.50. The maximum atomic E-state index is 5.16. The molecule has 6 aromatic carbocycles. The van der Waals surface area contributed by atoms with Crippen LogP contribution in [0.2, 0.25) is 0 Å². The number of aromatic nitrogens is 2. The molecular weight excluding hydrogens is 557 g/mol. The van der Waals surface area contributed by atoms with E-state index in [0.29, 0.717) is 0 Å². The van der Waals surface area contributed by atoms with Gasteiger partial charge in [0.25, 0.3) is 0 Å². The molecule has 0 fully saturated rings. The Labute approximate surface area is 269 Å². The largest absolute Gasteiger partial charge is 0.383 e. The van der Waals surface area contributed by atoms with E-state index < -0.39 is 0 Å². The molecule has 46 heavy (non-hydrogen) atoms. The molecule has 0 bridgehead atoms. The third kappa shape index (κ3) is 4.38. The molecule has 214 valence electrons. The van der Waals surface area contributed by atoms with Crippen molar-refractivity contribution < 1.29 is 0 Å². The van der Waals surface area contributed by atoms with E-state index >= 15 is 0 Å². The molecule has 0 N–H and O–H groups in total. The zero-order valence-electron chi connectivity index (χ0n) is 25.1. The zero-order valence-corrected chi connectivity index (χ0v) is 25.1. The number of rotatable bonds is 4. The average molecular weight is 586 g/mol. The van der Waals surface area contributed by atoms with Gasteiger partial charge < -0.3 is 4.81 Å². The van der Waals surface area contributed by atoms with Crippen molar-refractivity contribution in [1.29, 1.82) is 0 Å². The maximum absolute atomic E-state index is 5.16. The van der Waals surface area contributed by atoms with E-state index in [1.165, 1.54) is 44.2 Å². The molecule has 4 heteroatoms. The van der Waals surface area contributed by atoms with Crippen molar-refractivity contribution in [3.8, 4) is 44.8 Å². The lowest BCUT2D eigenvalue weighted by molar-refractivity contribution is 1.13. The van der Waals surface area contributed by atoms with Gasteiger partial charge in [-0.3, -0.25) is 0 Å². The second kappa shape index (κ2) is 10.9. The maximum Gasteiger partial charge on any atom is 0.322 e. The van der Waals surface area contributed by atoms with Gasteiger partial charge in [0, 0.05) is 28.0 Å². The van der Waals surface area contributed by atoms with Crippen LogP contribution in [0.25, 0.3) is 61.1 Å². The molecule has 3 heterocycles. The van der Waals surface area contributed by atoms with Crippen LogP contribution in [0.4, 0.5) is 5.69 Å². The quantitative estimate of drug-likeness (QED) is 0.193. The first-order chi connectivity index (χ1) is 22.8. The van der Waals surface area contributed by atoms with Crippen LogP contribution in [-0.4, -0.2) is 16.8 Å². The van der Waals surface area contributed by atoms with Crippen LogP contribution in [0.3, 0.4) is 0 Å². The molecule has 1 aromatic heterocycles. The molecule has 0 amide bonds. The Morgan fingerprint density at radius 3 is 1.85 bits per heavy atom. The van der Waals surface area contributed by atoms with Gasteiger partial charge in [0.1, 0.15) is 0 Å². The van der Waals surface area contributed by atoms with Crippen molar-refractivity contribution in [2.75, 3.05) is 4.81 Å². The van der Waals surface area contributed by atoms with Crippen molar-refractivity contribution >= 4 is 34.3 Å². The first kappa shape index (κ1) is 26.4. The van der Waals surface area contributed by atoms with E-state index in [1.54, 1.807) is 0 Å². The van der Waals surface area contributed by atoms with Crippen LogP contribution >= 0.6 is 0 Å². The summed E-state index contributed by atoms with van der Waals surface area (Å²) >= 11 is 0. The second-order valence-corrected chi connectivity index (χ2v) is 11.8. The van der Waals surface area contributed by atoms with E-state index in [1.807, 2.05) is 12.1 Å². The summed E-state index contributed by atoms with van der Waals surface area (Å²) in [4.78, 5) is 12.7. The van der Waals surface area contributed by atoms with E-state index in [4.69, 9.17) is 9.97 Å². The predicted molar refractivity (Wildman–Crippen MR) is 193 cm³/mol. The fourth-order valence-corrected chi connectivity index (χ4v) is 6.98. The van der Waals surface area contributed by atoms with Gasteiger partial charge in [0.15, 0.2) is 5.82 Å². The predicted octanol–water partition coefficient (Wildman–Crippen LogP) is 9.47. The second-order valence-electron chi connectivity index (χ2n) is 11.8. The first-order valence-corrected chi connectivity index (χ1v) is 15.7. The van der Waals surface area contributed by atoms with Gasteiger partial charge in [-0.15, -0.1) is 0 Å². The molecule has 2 aliphatic rings. The summed E-state index contributed by atoms with van der Waals surface area (Å²) in [7, 11) is 0. The molecular formula is C42H28BN3. The Hall–Kier alpha value is -6.00. The van der Waals surface area contributed by atoms with E-state index in [2.05, 4.69) is 163 Å². The number of nitrogens with zero attached hydrogens (tertiary/aromatic N) is 3. The summed E-state index contributed by atoms with van der Waals surface area (Å²) in [6.07, 6.45) is 4.39. The van der Waals surface area contributed by atoms with Gasteiger partial charge >= 0.3 is 6.85 Å². The van der Waals surface area contributed by atoms with Crippen molar-refractivity contribution in [3.05, 3.63) is 176 Å². The highest BCUT2D eigenvalue weighted by Gasteiger charge is 2.37. The molecule has 3 nitrogen and oxygen atoms in total. The van der Waals surface area contributed by atoms with Gasteiger partial charge in [-0.25, -0.2) is 9.97 Å². The summed E-state index contributed by atoms with van der Waals surface area (Å²) in [6, 6.07) is 53.5. The van der Waals surface area contributed by atoms with Crippen LogP contribution in [0, 0.1) is 0 Å². The summed E-state index contributed by atoms with van der Waals surface area (Å²) in [5.74, 6) is 3.07. The highest BCUT2D eigenvalue weighted by molar-refractivity contribution is 6.86. The number of benzene rings is 6. The minimum absolute atomic E-state index is 0.0243. The Morgan fingerprint density at radius 1 is 0.522 bits per heavy atom. The van der Waals surface area contributed by atoms with Crippen LogP contribution < -0.4 is 10.3 Å². The minimum atomic E-state index is -0.0243. The fourth-order valence-electron chi connectivity index (χ4n) is 6.98. The van der Waals surface area contributed by atoms with Gasteiger partial charge in [-0.2, -0.15) is 0 Å². The number of hydrogen-bond acceptors (Lipinski definition) is 3. The van der Waals surface area contributed by atoms with Gasteiger partial charge in [0.2, 0.25) is 0 Å². The lowest BCUT2D eigenvalue weighted by Crippen LogP contribution is -2.50. The number of hydrogen-bond donors (Lipinski definition) is 0. The summed E-state index contributed by atoms with van der Waals surface area (Å²) in [6.45, 7) is -0.0243. The molecule has 9 rings (SSSR count). The molecule has 7 aromatic rings. The first-order valence-electron chi connectivity index (χ1n) is 15.7. The Balaban J connectivity index is 1.26. The third-order valence-corrected chi connectivity index (χ3v) is 9.12. The lowest BCUT2D eigenvalue weighted by Gasteiger charge is -2.38. The van der Waals surface area contributed by atoms with Crippen molar-refractivity contribution in [2.45, 2.75) is 0 Å². The molecule has 0 radical (unpaired) electrons. The number of anilines is 1. The van der Waals surface area contributed by atoms with Crippen LogP contribution in [0.5, 0.6) is 0 Å². The van der Waals surface area contributed by atoms with Crippen LogP contribution in [0.1, 0.15) is 5.82 Å². The van der Waals surface area contributed by atoms with Gasteiger partial charge in [-0.1, -0.05) is 146 Å². The summed E-state index contributed by atoms with van der Waals surface area (Å²) in [5.41, 5.74) is 12.5. The van der Waals surface area contributed by atoms with E-state index in [-0.39, 0.29) is 6.85 Å². The Bertz CT molecular complexity index is 2250. The minimum Gasteiger partial charge on any atom is -0.383 e. The van der Waals surface area contributed by atoms with Crippen molar-refractivity contribution in [2.24, 2.45) is 0 Å². The molecule has 0 spiro atoms. The zero-order chi connectivity index (χ0) is 30.5. The Kier molecular flexibility index (Phi) is 6.24. The number of fused-ring (bicyclic) bond motifs is 8. The normalized spacial score (nSPS) is 13.2. The van der Waals surface area contributed by atoms with Gasteiger partial charge in [-0.05, 0) is 57.3 Å². The monoisotopic (exact) mass is 585 g/mol. The molecule has 0 saturated carbocycles. The summed E-state index contributed by atoms with van der Waals surface area (Å²) < 4.78 is 0. The molecule has 0 aliphatic carbocycles. The van der Waals surface area contributed by atoms with Crippen molar-refractivity contribution in [3.63, 3.8) is 0 Å². The highest BCUT2D eigenvalue weighted by atomic mass is 15.1. The van der Waals surface area contributed by atoms with E-state index in [0.717, 1.165) is 33.9 Å². The number of allylic oxidation sites excluding steroid dienone is 2. The molecule has 2 aliphatic heterocycles. The highest BCUT2D eigenvalue weighted by Crippen LogP contribution is 2.45.